The molecule has 1 aliphatic heterocycles. The molecule has 5 rings (SSSR count). The Labute approximate surface area is 216 Å². The standard InChI is InChI=1S/C30H31N3O4/c1-36-27-16-14-22(19-21(27)15-17-28(34)31-20-24-11-8-18-37-24)29-25-12-6-7-13-26(25)30(35)33(32-29)23-9-4-2-3-5-10-23/h2-4,6-9,11,14-19,23,25-26H,5,10,12-13,20H2,1H3,(H,31,34)/b17-15+/t23-,25-,26+/m0/s1. The lowest BCUT2D eigenvalue weighted by molar-refractivity contribution is -0.139. The smallest absolute Gasteiger partial charge is 0.247 e. The highest BCUT2D eigenvalue weighted by Crippen LogP contribution is 2.37. The molecule has 0 unspecified atom stereocenters. The lowest BCUT2D eigenvalue weighted by Gasteiger charge is -2.39. The van der Waals surface area contributed by atoms with Gasteiger partial charge in [0.05, 0.1) is 37.6 Å². The third kappa shape index (κ3) is 5.50. The van der Waals surface area contributed by atoms with Gasteiger partial charge in [0.2, 0.25) is 11.8 Å². The predicted octanol–water partition coefficient (Wildman–Crippen LogP) is 5.02. The first-order valence-corrected chi connectivity index (χ1v) is 12.7. The largest absolute Gasteiger partial charge is 0.496 e. The first-order chi connectivity index (χ1) is 18.1. The maximum Gasteiger partial charge on any atom is 0.247 e. The molecule has 0 spiro atoms. The van der Waals surface area contributed by atoms with Crippen molar-refractivity contribution in [2.75, 3.05) is 7.11 Å². The zero-order chi connectivity index (χ0) is 25.6. The molecule has 3 atom stereocenters. The molecule has 3 aliphatic rings. The summed E-state index contributed by atoms with van der Waals surface area (Å²) < 4.78 is 10.8. The van der Waals surface area contributed by atoms with E-state index in [1.54, 1.807) is 30.5 Å². The Hall–Kier alpha value is -4.13. The fourth-order valence-electron chi connectivity index (χ4n) is 5.08. The molecule has 0 fully saturated rings. The van der Waals surface area contributed by atoms with Crippen LogP contribution in [-0.4, -0.2) is 35.7 Å². The molecule has 0 saturated carbocycles. The van der Waals surface area contributed by atoms with E-state index in [0.717, 1.165) is 36.1 Å². The Balaban J connectivity index is 1.44. The number of ether oxygens (including phenoxy) is 1. The third-order valence-corrected chi connectivity index (χ3v) is 7.02. The maximum absolute atomic E-state index is 13.5. The Morgan fingerprint density at radius 1 is 1.19 bits per heavy atom. The van der Waals surface area contributed by atoms with E-state index in [2.05, 4.69) is 29.6 Å². The van der Waals surface area contributed by atoms with Crippen LogP contribution in [0.15, 0.2) is 88.6 Å². The number of amides is 2. The van der Waals surface area contributed by atoms with E-state index in [-0.39, 0.29) is 29.7 Å². The minimum absolute atomic E-state index is 0.0171. The average Bonchev–Trinajstić information content (AvgIpc) is 3.32. The molecule has 0 saturated heterocycles. The van der Waals surface area contributed by atoms with Crippen LogP contribution < -0.4 is 10.1 Å². The number of methoxy groups -OCH3 is 1. The highest BCUT2D eigenvalue weighted by molar-refractivity contribution is 6.07. The molecular formula is C30H31N3O4. The summed E-state index contributed by atoms with van der Waals surface area (Å²) in [6, 6.07) is 9.39. The van der Waals surface area contributed by atoms with Crippen molar-refractivity contribution in [1.82, 2.24) is 10.3 Å². The number of allylic oxidation sites excluding steroid dienone is 5. The van der Waals surface area contributed by atoms with E-state index in [0.29, 0.717) is 24.5 Å². The molecule has 2 aliphatic carbocycles. The first-order valence-electron chi connectivity index (χ1n) is 12.7. The Morgan fingerprint density at radius 2 is 2.05 bits per heavy atom. The van der Waals surface area contributed by atoms with E-state index >= 15 is 0 Å². The predicted molar refractivity (Wildman–Crippen MR) is 143 cm³/mol. The first kappa shape index (κ1) is 24.6. The molecule has 2 heterocycles. The SMILES string of the molecule is COc1ccc(C2=NN([C@H]3C=CC=CCC3)C(=O)[C@@H]3CC=CC[C@H]23)cc1/C=C/C(=O)NCc1ccco1. The van der Waals surface area contributed by atoms with Gasteiger partial charge in [-0.25, -0.2) is 5.01 Å². The summed E-state index contributed by atoms with van der Waals surface area (Å²) >= 11 is 0. The van der Waals surface area contributed by atoms with Gasteiger partial charge in [0.1, 0.15) is 11.5 Å². The molecule has 190 valence electrons. The second kappa shape index (κ2) is 11.3. The topological polar surface area (TPSA) is 84.1 Å². The number of rotatable bonds is 7. The molecule has 0 bridgehead atoms. The number of fused-ring (bicyclic) bond motifs is 1. The van der Waals surface area contributed by atoms with Gasteiger partial charge in [0.25, 0.3) is 0 Å². The van der Waals surface area contributed by atoms with E-state index < -0.39 is 0 Å². The second-order valence-electron chi connectivity index (χ2n) is 9.37. The van der Waals surface area contributed by atoms with Gasteiger partial charge in [-0.3, -0.25) is 9.59 Å². The Kier molecular flexibility index (Phi) is 7.49. The number of hydrogen-bond acceptors (Lipinski definition) is 5. The molecule has 7 heteroatoms. The second-order valence-corrected chi connectivity index (χ2v) is 9.37. The number of nitrogens with one attached hydrogen (secondary N) is 1. The molecule has 1 aromatic heterocycles. The number of carbonyl (C=O) groups excluding carboxylic acids is 2. The van der Waals surface area contributed by atoms with E-state index in [1.807, 2.05) is 36.4 Å². The molecule has 37 heavy (non-hydrogen) atoms. The number of hydrogen-bond donors (Lipinski definition) is 1. The summed E-state index contributed by atoms with van der Waals surface area (Å²) in [6.07, 6.45) is 20.5. The van der Waals surface area contributed by atoms with Crippen molar-refractivity contribution >= 4 is 23.6 Å². The summed E-state index contributed by atoms with van der Waals surface area (Å²) in [6.45, 7) is 0.315. The quantitative estimate of drug-likeness (QED) is 0.430. The van der Waals surface area contributed by atoms with Crippen LogP contribution in [0.4, 0.5) is 0 Å². The van der Waals surface area contributed by atoms with Crippen molar-refractivity contribution < 1.29 is 18.7 Å². The zero-order valence-corrected chi connectivity index (χ0v) is 20.9. The van der Waals surface area contributed by atoms with Crippen LogP contribution in [0.3, 0.4) is 0 Å². The number of carbonyl (C=O) groups is 2. The van der Waals surface area contributed by atoms with Crippen LogP contribution in [0, 0.1) is 11.8 Å². The van der Waals surface area contributed by atoms with Crippen LogP contribution in [-0.2, 0) is 16.1 Å². The summed E-state index contributed by atoms with van der Waals surface area (Å²) in [5.74, 6) is 1.09. The average molecular weight is 498 g/mol. The van der Waals surface area contributed by atoms with Crippen molar-refractivity contribution in [3.05, 3.63) is 96.0 Å². The zero-order valence-electron chi connectivity index (χ0n) is 20.9. The third-order valence-electron chi connectivity index (χ3n) is 7.02. The van der Waals surface area contributed by atoms with Crippen LogP contribution in [0.5, 0.6) is 5.75 Å². The number of nitrogens with zero attached hydrogens (tertiary/aromatic N) is 2. The summed E-state index contributed by atoms with van der Waals surface area (Å²) in [5.41, 5.74) is 2.59. The molecular weight excluding hydrogens is 466 g/mol. The minimum Gasteiger partial charge on any atom is -0.496 e. The maximum atomic E-state index is 13.5. The summed E-state index contributed by atoms with van der Waals surface area (Å²) in [5, 5.41) is 9.47. The van der Waals surface area contributed by atoms with Crippen molar-refractivity contribution in [3.63, 3.8) is 0 Å². The molecule has 0 radical (unpaired) electrons. The van der Waals surface area contributed by atoms with Crippen molar-refractivity contribution in [2.24, 2.45) is 16.9 Å². The summed E-state index contributed by atoms with van der Waals surface area (Å²) in [4.78, 5) is 25.9. The van der Waals surface area contributed by atoms with Crippen LogP contribution in [0.1, 0.15) is 42.6 Å². The highest BCUT2D eigenvalue weighted by atomic mass is 16.5. The van der Waals surface area contributed by atoms with Gasteiger partial charge < -0.3 is 14.5 Å². The van der Waals surface area contributed by atoms with Gasteiger partial charge in [-0.15, -0.1) is 0 Å². The van der Waals surface area contributed by atoms with Crippen LogP contribution in [0.2, 0.25) is 0 Å². The van der Waals surface area contributed by atoms with Crippen molar-refractivity contribution in [2.45, 2.75) is 38.3 Å². The molecule has 1 N–H and O–H groups in total. The number of hydrazone groups is 1. The molecule has 2 aromatic rings. The molecule has 2 amide bonds. The Bertz CT molecular complexity index is 1290. The van der Waals surface area contributed by atoms with Gasteiger partial charge in [-0.05, 0) is 67.7 Å². The monoisotopic (exact) mass is 497 g/mol. The van der Waals surface area contributed by atoms with Gasteiger partial charge in [-0.1, -0.05) is 36.5 Å². The van der Waals surface area contributed by atoms with Gasteiger partial charge in [0, 0.05) is 17.6 Å². The van der Waals surface area contributed by atoms with E-state index in [4.69, 9.17) is 14.3 Å². The van der Waals surface area contributed by atoms with Crippen molar-refractivity contribution in [1.29, 1.82) is 0 Å². The number of furan rings is 1. The van der Waals surface area contributed by atoms with E-state index in [9.17, 15) is 9.59 Å². The Morgan fingerprint density at radius 3 is 2.86 bits per heavy atom. The normalized spacial score (nSPS) is 23.1. The molecule has 7 nitrogen and oxygen atoms in total. The van der Waals surface area contributed by atoms with Crippen LogP contribution in [0.25, 0.3) is 6.08 Å². The van der Waals surface area contributed by atoms with Gasteiger partial charge >= 0.3 is 0 Å². The minimum atomic E-state index is -0.234. The van der Waals surface area contributed by atoms with Gasteiger partial charge in [-0.2, -0.15) is 5.10 Å². The van der Waals surface area contributed by atoms with Gasteiger partial charge in [0.15, 0.2) is 0 Å². The lowest BCUT2D eigenvalue weighted by atomic mass is 9.76. The van der Waals surface area contributed by atoms with E-state index in [1.165, 1.54) is 6.08 Å². The van der Waals surface area contributed by atoms with Crippen molar-refractivity contribution in [3.8, 4) is 5.75 Å². The van der Waals surface area contributed by atoms with Crippen LogP contribution >= 0.6 is 0 Å². The fraction of sp³-hybridized carbons (Fsp3) is 0.300. The fourth-order valence-corrected chi connectivity index (χ4v) is 5.08. The highest BCUT2D eigenvalue weighted by Gasteiger charge is 2.41. The number of benzene rings is 1. The molecule has 1 aromatic carbocycles. The summed E-state index contributed by atoms with van der Waals surface area (Å²) in [7, 11) is 1.61. The lowest BCUT2D eigenvalue weighted by Crippen LogP contribution is -2.48.